The molecule has 0 aliphatic rings. The largest absolute Gasteiger partial charge is 0.464 e. The molecule has 1 amide bonds. The summed E-state index contributed by atoms with van der Waals surface area (Å²) < 4.78 is 5.66. The first-order valence-corrected chi connectivity index (χ1v) is 10.9. The van der Waals surface area contributed by atoms with E-state index in [4.69, 9.17) is 4.74 Å². The van der Waals surface area contributed by atoms with Crippen molar-refractivity contribution in [1.29, 1.82) is 0 Å². The number of pyridine rings is 1. The van der Waals surface area contributed by atoms with Gasteiger partial charge in [0, 0.05) is 27.2 Å². The fraction of sp³-hybridized carbons (Fsp3) is 0.0909. The number of carbonyl (C=O) groups excluding carboxylic acids is 2. The Hall–Kier alpha value is -3.30. The summed E-state index contributed by atoms with van der Waals surface area (Å²) in [6, 6.07) is 13.1. The van der Waals surface area contributed by atoms with Crippen molar-refractivity contribution in [2.75, 3.05) is 12.4 Å². The molecule has 7 nitrogen and oxygen atoms in total. The second-order valence-electron chi connectivity index (χ2n) is 6.63. The number of hydrogen-bond acceptors (Lipinski definition) is 6. The summed E-state index contributed by atoms with van der Waals surface area (Å²) in [6.45, 7) is 1.80. The molecular weight excluding hydrogens is 480 g/mol. The Kier molecular flexibility index (Phi) is 5.97. The molecule has 0 unspecified atom stereocenters. The van der Waals surface area contributed by atoms with Crippen LogP contribution in [0.4, 0.5) is 5.13 Å². The molecule has 0 bridgehead atoms. The highest BCUT2D eigenvalue weighted by atomic mass is 79.9. The van der Waals surface area contributed by atoms with Crippen LogP contribution in [-0.2, 0) is 4.74 Å². The number of thiazole rings is 1. The molecule has 0 radical (unpaired) electrons. The van der Waals surface area contributed by atoms with E-state index in [0.717, 1.165) is 21.3 Å². The monoisotopic (exact) mass is 496 g/mol. The van der Waals surface area contributed by atoms with Crippen molar-refractivity contribution in [2.45, 2.75) is 6.92 Å². The van der Waals surface area contributed by atoms with Crippen molar-refractivity contribution in [1.82, 2.24) is 15.0 Å². The maximum Gasteiger partial charge on any atom is 0.354 e. The summed E-state index contributed by atoms with van der Waals surface area (Å²) in [6.07, 6.45) is 1.67. The van der Waals surface area contributed by atoms with Gasteiger partial charge in [-0.3, -0.25) is 15.1 Å². The highest BCUT2D eigenvalue weighted by molar-refractivity contribution is 9.10. The van der Waals surface area contributed by atoms with Crippen LogP contribution in [0.15, 0.2) is 58.5 Å². The number of halogens is 1. The summed E-state index contributed by atoms with van der Waals surface area (Å²) in [4.78, 5) is 36.2. The fourth-order valence-electron chi connectivity index (χ4n) is 3.01. The van der Waals surface area contributed by atoms with Crippen molar-refractivity contribution in [3.63, 3.8) is 0 Å². The Morgan fingerprint density at radius 1 is 1.10 bits per heavy atom. The van der Waals surface area contributed by atoms with E-state index >= 15 is 0 Å². The van der Waals surface area contributed by atoms with E-state index in [1.165, 1.54) is 18.4 Å². The van der Waals surface area contributed by atoms with Crippen LogP contribution < -0.4 is 5.32 Å². The van der Waals surface area contributed by atoms with Gasteiger partial charge < -0.3 is 9.72 Å². The van der Waals surface area contributed by atoms with Crippen LogP contribution in [0.5, 0.6) is 0 Å². The van der Waals surface area contributed by atoms with Crippen LogP contribution in [0, 0.1) is 6.92 Å². The third-order valence-electron chi connectivity index (χ3n) is 4.56. The van der Waals surface area contributed by atoms with Gasteiger partial charge in [0.1, 0.15) is 5.69 Å². The lowest BCUT2D eigenvalue weighted by molar-refractivity contribution is 0.0594. The number of carbonyl (C=O) groups is 2. The number of esters is 1. The maximum atomic E-state index is 12.8. The maximum absolute atomic E-state index is 12.8. The topological polar surface area (TPSA) is 97.0 Å². The number of aryl methyl sites for hydroxylation is 1. The zero-order valence-corrected chi connectivity index (χ0v) is 19.0. The number of ether oxygens (including phenoxy) is 1. The zero-order valence-electron chi connectivity index (χ0n) is 16.6. The predicted octanol–water partition coefficient (Wildman–Crippen LogP) is 5.31. The molecule has 9 heteroatoms. The van der Waals surface area contributed by atoms with Crippen molar-refractivity contribution in [2.24, 2.45) is 0 Å². The number of aromatic nitrogens is 3. The molecule has 31 heavy (non-hydrogen) atoms. The van der Waals surface area contributed by atoms with Gasteiger partial charge in [-0.1, -0.05) is 28.1 Å². The molecule has 0 atom stereocenters. The smallest absolute Gasteiger partial charge is 0.354 e. The Morgan fingerprint density at radius 2 is 1.94 bits per heavy atom. The summed E-state index contributed by atoms with van der Waals surface area (Å²) in [7, 11) is 1.32. The van der Waals surface area contributed by atoms with Crippen molar-refractivity contribution >= 4 is 44.3 Å². The molecule has 3 aromatic heterocycles. The third kappa shape index (κ3) is 4.57. The van der Waals surface area contributed by atoms with Gasteiger partial charge in [0.15, 0.2) is 5.13 Å². The molecular formula is C22H17BrN4O3S. The number of aromatic amines is 1. The van der Waals surface area contributed by atoms with E-state index in [0.29, 0.717) is 27.8 Å². The number of H-pyrrole nitrogens is 1. The van der Waals surface area contributed by atoms with E-state index in [9.17, 15) is 9.59 Å². The first-order chi connectivity index (χ1) is 14.9. The number of methoxy groups -OCH3 is 1. The van der Waals surface area contributed by atoms with Gasteiger partial charge >= 0.3 is 5.97 Å². The van der Waals surface area contributed by atoms with Gasteiger partial charge in [-0.2, -0.15) is 0 Å². The van der Waals surface area contributed by atoms with Crippen LogP contribution in [0.1, 0.15) is 26.5 Å². The lowest BCUT2D eigenvalue weighted by Gasteiger charge is -2.08. The van der Waals surface area contributed by atoms with E-state index in [2.05, 4.69) is 36.2 Å². The quantitative estimate of drug-likeness (QED) is 0.365. The number of nitrogens with one attached hydrogen (secondary N) is 2. The van der Waals surface area contributed by atoms with Gasteiger partial charge in [0.05, 0.1) is 29.8 Å². The molecule has 3 heterocycles. The van der Waals surface area contributed by atoms with E-state index < -0.39 is 5.97 Å². The van der Waals surface area contributed by atoms with Crippen LogP contribution in [-0.4, -0.2) is 33.9 Å². The summed E-state index contributed by atoms with van der Waals surface area (Å²) in [5, 5.41) is 5.08. The molecule has 0 aliphatic heterocycles. The van der Waals surface area contributed by atoms with Gasteiger partial charge in [-0.25, -0.2) is 9.78 Å². The van der Waals surface area contributed by atoms with Crippen molar-refractivity contribution in [3.05, 3.63) is 75.5 Å². The molecule has 0 saturated heterocycles. The number of rotatable bonds is 5. The summed E-state index contributed by atoms with van der Waals surface area (Å²) >= 11 is 4.76. The predicted molar refractivity (Wildman–Crippen MR) is 123 cm³/mol. The minimum Gasteiger partial charge on any atom is -0.464 e. The standard InChI is InChI=1S/C22H17BrN4O3S/c1-12-16(6-7-17(25-12)13-4-3-5-15(23)8-13)20(28)27-22-26-19(11-31-22)14-9-18(24-10-14)21(29)30-2/h3-11,24H,1-2H3,(H,26,27,28). The number of benzene rings is 1. The lowest BCUT2D eigenvalue weighted by Crippen LogP contribution is -2.14. The molecule has 0 spiro atoms. The number of hydrogen-bond donors (Lipinski definition) is 2. The molecule has 0 aliphatic carbocycles. The van der Waals surface area contributed by atoms with Crippen molar-refractivity contribution < 1.29 is 14.3 Å². The van der Waals surface area contributed by atoms with Crippen LogP contribution >= 0.6 is 27.3 Å². The first-order valence-electron chi connectivity index (χ1n) is 9.22. The van der Waals surface area contributed by atoms with Crippen LogP contribution in [0.25, 0.3) is 22.5 Å². The highest BCUT2D eigenvalue weighted by Crippen LogP contribution is 2.27. The summed E-state index contributed by atoms with van der Waals surface area (Å²) in [5.41, 5.74) is 4.57. The number of nitrogens with zero attached hydrogens (tertiary/aromatic N) is 2. The molecule has 0 saturated carbocycles. The Bertz CT molecular complexity index is 1280. The van der Waals surface area contributed by atoms with Gasteiger partial charge in [-0.05, 0) is 37.3 Å². The van der Waals surface area contributed by atoms with E-state index in [1.807, 2.05) is 30.3 Å². The van der Waals surface area contributed by atoms with Crippen LogP contribution in [0.3, 0.4) is 0 Å². The molecule has 4 aromatic rings. The second kappa shape index (κ2) is 8.83. The molecule has 0 fully saturated rings. The molecule has 2 N–H and O–H groups in total. The van der Waals surface area contributed by atoms with Gasteiger partial charge in [-0.15, -0.1) is 11.3 Å². The molecule has 4 rings (SSSR count). The minimum absolute atomic E-state index is 0.281. The fourth-order valence-corrected chi connectivity index (χ4v) is 4.12. The average molecular weight is 497 g/mol. The normalized spacial score (nSPS) is 10.7. The highest BCUT2D eigenvalue weighted by Gasteiger charge is 2.15. The Morgan fingerprint density at radius 3 is 2.68 bits per heavy atom. The second-order valence-corrected chi connectivity index (χ2v) is 8.40. The van der Waals surface area contributed by atoms with E-state index in [1.54, 1.807) is 30.6 Å². The Balaban J connectivity index is 1.50. The first kappa shape index (κ1) is 21.0. The van der Waals surface area contributed by atoms with Crippen LogP contribution in [0.2, 0.25) is 0 Å². The number of amides is 1. The molecule has 1 aromatic carbocycles. The molecule has 156 valence electrons. The number of anilines is 1. The minimum atomic E-state index is -0.454. The Labute approximate surface area is 190 Å². The SMILES string of the molecule is COC(=O)c1cc(-c2csc(NC(=O)c3ccc(-c4cccc(Br)c4)nc3C)n2)c[nH]1. The van der Waals surface area contributed by atoms with Crippen molar-refractivity contribution in [3.8, 4) is 22.5 Å². The van der Waals surface area contributed by atoms with Gasteiger partial charge in [0.25, 0.3) is 5.91 Å². The van der Waals surface area contributed by atoms with E-state index in [-0.39, 0.29) is 5.91 Å². The summed E-state index contributed by atoms with van der Waals surface area (Å²) in [5.74, 6) is -0.736. The lowest BCUT2D eigenvalue weighted by atomic mass is 10.1. The van der Waals surface area contributed by atoms with Gasteiger partial charge in [0.2, 0.25) is 0 Å². The average Bonchev–Trinajstić information content (AvgIpc) is 3.42. The zero-order chi connectivity index (χ0) is 22.0. The third-order valence-corrected chi connectivity index (χ3v) is 5.81.